The van der Waals surface area contributed by atoms with Crippen LogP contribution in [0.5, 0.6) is 11.5 Å². The maximum atomic E-state index is 12.2. The summed E-state index contributed by atoms with van der Waals surface area (Å²) in [5.74, 6) is 0.899. The summed E-state index contributed by atoms with van der Waals surface area (Å²) in [6.07, 6.45) is 0.911. The van der Waals surface area contributed by atoms with Crippen molar-refractivity contribution in [2.24, 2.45) is 0 Å². The number of hydrogen-bond acceptors (Lipinski definition) is 4. The Hall–Kier alpha value is -1.98. The predicted molar refractivity (Wildman–Crippen MR) is 94.2 cm³/mol. The molecule has 0 radical (unpaired) electrons. The third kappa shape index (κ3) is 4.76. The first kappa shape index (κ1) is 18.4. The summed E-state index contributed by atoms with van der Waals surface area (Å²) in [6.45, 7) is 2.95. The van der Waals surface area contributed by atoms with Gasteiger partial charge in [0.1, 0.15) is 10.8 Å². The van der Waals surface area contributed by atoms with E-state index in [0.29, 0.717) is 24.7 Å². The molecule has 0 bridgehead atoms. The van der Waals surface area contributed by atoms with Gasteiger partial charge in [-0.1, -0.05) is 36.2 Å². The quantitative estimate of drug-likeness (QED) is 0.746. The summed E-state index contributed by atoms with van der Waals surface area (Å²) >= 11 is 11.8. The number of nitrogens with zero attached hydrogens (tertiary/aromatic N) is 1. The number of halogens is 2. The first-order chi connectivity index (χ1) is 11.5. The molecule has 1 N–H and O–H groups in total. The second kappa shape index (κ2) is 8.76. The zero-order valence-electron chi connectivity index (χ0n) is 13.4. The Kier molecular flexibility index (Phi) is 6.70. The lowest BCUT2D eigenvalue weighted by molar-refractivity contribution is 0.0946. The molecule has 0 fully saturated rings. The number of amides is 1. The van der Waals surface area contributed by atoms with E-state index in [4.69, 9.17) is 32.7 Å². The van der Waals surface area contributed by atoms with Crippen molar-refractivity contribution in [3.05, 3.63) is 51.8 Å². The molecule has 5 nitrogen and oxygen atoms in total. The highest BCUT2D eigenvalue weighted by Gasteiger charge is 2.13. The minimum atomic E-state index is -0.396. The number of carbonyl (C=O) groups excluding carboxylic acids is 1. The van der Waals surface area contributed by atoms with Gasteiger partial charge in [-0.15, -0.1) is 0 Å². The van der Waals surface area contributed by atoms with Crippen LogP contribution >= 0.6 is 23.2 Å². The van der Waals surface area contributed by atoms with Crippen LogP contribution < -0.4 is 14.8 Å². The molecule has 2 rings (SSSR count). The Morgan fingerprint density at radius 2 is 2.00 bits per heavy atom. The van der Waals surface area contributed by atoms with Crippen molar-refractivity contribution >= 4 is 29.1 Å². The Labute approximate surface area is 150 Å². The fourth-order valence-electron chi connectivity index (χ4n) is 2.00. The SMILES string of the molecule is CCCOc1ccc(CNC(=O)c2nc(Cl)ccc2Cl)cc1OC. The number of hydrogen-bond donors (Lipinski definition) is 1. The van der Waals surface area contributed by atoms with Gasteiger partial charge in [0.05, 0.1) is 18.7 Å². The molecule has 1 amide bonds. The van der Waals surface area contributed by atoms with Crippen LogP contribution in [0.3, 0.4) is 0 Å². The zero-order chi connectivity index (χ0) is 17.5. The van der Waals surface area contributed by atoms with E-state index in [2.05, 4.69) is 10.3 Å². The normalized spacial score (nSPS) is 10.3. The van der Waals surface area contributed by atoms with Crippen LogP contribution in [0.15, 0.2) is 30.3 Å². The van der Waals surface area contributed by atoms with Gasteiger partial charge in [0.2, 0.25) is 0 Å². The lowest BCUT2D eigenvalue weighted by Crippen LogP contribution is -2.24. The van der Waals surface area contributed by atoms with E-state index in [0.717, 1.165) is 12.0 Å². The number of rotatable bonds is 7. The van der Waals surface area contributed by atoms with Crippen LogP contribution in [0.1, 0.15) is 29.4 Å². The van der Waals surface area contributed by atoms with E-state index >= 15 is 0 Å². The lowest BCUT2D eigenvalue weighted by Gasteiger charge is -2.12. The molecule has 0 saturated heterocycles. The van der Waals surface area contributed by atoms with E-state index in [1.165, 1.54) is 12.1 Å². The Morgan fingerprint density at radius 1 is 1.21 bits per heavy atom. The molecule has 7 heteroatoms. The number of ether oxygens (including phenoxy) is 2. The number of pyridine rings is 1. The average molecular weight is 369 g/mol. The van der Waals surface area contributed by atoms with Crippen molar-refractivity contribution < 1.29 is 14.3 Å². The number of carbonyl (C=O) groups is 1. The fourth-order valence-corrected chi connectivity index (χ4v) is 2.34. The van der Waals surface area contributed by atoms with E-state index in [1.54, 1.807) is 7.11 Å². The maximum absolute atomic E-state index is 12.2. The molecule has 2 aromatic rings. The summed E-state index contributed by atoms with van der Waals surface area (Å²) in [6, 6.07) is 8.56. The molecule has 1 heterocycles. The van der Waals surface area contributed by atoms with Crippen molar-refractivity contribution in [1.29, 1.82) is 0 Å². The molecule has 0 aliphatic carbocycles. The van der Waals surface area contributed by atoms with Crippen LogP contribution in [-0.2, 0) is 6.54 Å². The van der Waals surface area contributed by atoms with Crippen LogP contribution in [0.25, 0.3) is 0 Å². The standard InChI is InChI=1S/C17H18Cl2N2O3/c1-3-8-24-13-6-4-11(9-14(13)23-2)10-20-17(22)16-12(18)5-7-15(19)21-16/h4-7,9H,3,8,10H2,1-2H3,(H,20,22). The van der Waals surface area contributed by atoms with E-state index in [1.807, 2.05) is 25.1 Å². The summed E-state index contributed by atoms with van der Waals surface area (Å²) in [5.41, 5.74) is 0.959. The number of methoxy groups -OCH3 is 1. The molecule has 1 aromatic heterocycles. The van der Waals surface area contributed by atoms with E-state index < -0.39 is 5.91 Å². The molecule has 24 heavy (non-hydrogen) atoms. The van der Waals surface area contributed by atoms with Crippen molar-refractivity contribution in [2.45, 2.75) is 19.9 Å². The van der Waals surface area contributed by atoms with Gasteiger partial charge in [-0.25, -0.2) is 4.98 Å². The van der Waals surface area contributed by atoms with Gasteiger partial charge in [-0.3, -0.25) is 4.79 Å². The van der Waals surface area contributed by atoms with Crippen LogP contribution in [-0.4, -0.2) is 24.6 Å². The highest BCUT2D eigenvalue weighted by molar-refractivity contribution is 6.34. The monoisotopic (exact) mass is 368 g/mol. The highest BCUT2D eigenvalue weighted by atomic mass is 35.5. The number of benzene rings is 1. The van der Waals surface area contributed by atoms with Gasteiger partial charge < -0.3 is 14.8 Å². The van der Waals surface area contributed by atoms with Gasteiger partial charge in [-0.05, 0) is 36.2 Å². The summed E-state index contributed by atoms with van der Waals surface area (Å²) < 4.78 is 10.9. The fraction of sp³-hybridized carbons (Fsp3) is 0.294. The molecule has 0 unspecified atom stereocenters. The van der Waals surface area contributed by atoms with Crippen LogP contribution in [0.2, 0.25) is 10.2 Å². The maximum Gasteiger partial charge on any atom is 0.271 e. The lowest BCUT2D eigenvalue weighted by atomic mass is 10.2. The van der Waals surface area contributed by atoms with Gasteiger partial charge in [-0.2, -0.15) is 0 Å². The van der Waals surface area contributed by atoms with Crippen molar-refractivity contribution in [3.63, 3.8) is 0 Å². The first-order valence-electron chi connectivity index (χ1n) is 7.45. The topological polar surface area (TPSA) is 60.5 Å². The van der Waals surface area contributed by atoms with Gasteiger partial charge >= 0.3 is 0 Å². The number of nitrogens with one attached hydrogen (secondary N) is 1. The van der Waals surface area contributed by atoms with E-state index in [9.17, 15) is 4.79 Å². The molecule has 0 saturated carbocycles. The van der Waals surface area contributed by atoms with Crippen molar-refractivity contribution in [1.82, 2.24) is 10.3 Å². The summed E-state index contributed by atoms with van der Waals surface area (Å²) in [5, 5.41) is 3.22. The molecule has 0 spiro atoms. The summed E-state index contributed by atoms with van der Waals surface area (Å²) in [4.78, 5) is 16.1. The first-order valence-corrected chi connectivity index (χ1v) is 8.20. The second-order valence-corrected chi connectivity index (χ2v) is 5.78. The molecule has 0 aliphatic rings. The van der Waals surface area contributed by atoms with Crippen LogP contribution in [0, 0.1) is 0 Å². The van der Waals surface area contributed by atoms with Crippen LogP contribution in [0.4, 0.5) is 0 Å². The van der Waals surface area contributed by atoms with Crippen molar-refractivity contribution in [3.8, 4) is 11.5 Å². The van der Waals surface area contributed by atoms with Gasteiger partial charge in [0, 0.05) is 6.54 Å². The third-order valence-electron chi connectivity index (χ3n) is 3.17. The third-order valence-corrected chi connectivity index (χ3v) is 3.69. The van der Waals surface area contributed by atoms with Gasteiger partial charge in [0.15, 0.2) is 11.5 Å². The minimum absolute atomic E-state index is 0.0963. The molecular weight excluding hydrogens is 351 g/mol. The zero-order valence-corrected chi connectivity index (χ0v) is 14.9. The highest BCUT2D eigenvalue weighted by Crippen LogP contribution is 2.28. The smallest absolute Gasteiger partial charge is 0.271 e. The van der Waals surface area contributed by atoms with Gasteiger partial charge in [0.25, 0.3) is 5.91 Å². The molecule has 0 aliphatic heterocycles. The minimum Gasteiger partial charge on any atom is -0.493 e. The molecule has 1 aromatic carbocycles. The molecule has 0 atom stereocenters. The largest absolute Gasteiger partial charge is 0.493 e. The average Bonchev–Trinajstić information content (AvgIpc) is 2.60. The Balaban J connectivity index is 2.06. The second-order valence-electron chi connectivity index (χ2n) is 4.98. The molecular formula is C17H18Cl2N2O3. The summed E-state index contributed by atoms with van der Waals surface area (Å²) in [7, 11) is 1.58. The Bertz CT molecular complexity index is 723. The van der Waals surface area contributed by atoms with E-state index in [-0.39, 0.29) is 15.9 Å². The number of aromatic nitrogens is 1. The Morgan fingerprint density at radius 3 is 2.71 bits per heavy atom. The predicted octanol–water partition coefficient (Wildman–Crippen LogP) is 4.12. The van der Waals surface area contributed by atoms with Crippen molar-refractivity contribution in [2.75, 3.05) is 13.7 Å². The molecule has 128 valence electrons.